The topological polar surface area (TPSA) is 21.7 Å². The van der Waals surface area contributed by atoms with Gasteiger partial charge in [-0.2, -0.15) is 0 Å². The highest BCUT2D eigenvalue weighted by atomic mass is 16.5. The summed E-state index contributed by atoms with van der Waals surface area (Å²) in [6.45, 7) is 3.00. The van der Waals surface area contributed by atoms with Gasteiger partial charge >= 0.3 is 0 Å². The minimum atomic E-state index is -0.653. The predicted molar refractivity (Wildman–Crippen MR) is 124 cm³/mol. The second kappa shape index (κ2) is 8.93. The molecule has 4 rings (SSSR count). The molecule has 0 aliphatic carbocycles. The van der Waals surface area contributed by atoms with Crippen LogP contribution in [0.15, 0.2) is 72.8 Å². The molecule has 0 saturated heterocycles. The summed E-state index contributed by atoms with van der Waals surface area (Å²) in [7, 11) is 3.92. The lowest BCUT2D eigenvalue weighted by Crippen LogP contribution is -2.38. The highest BCUT2D eigenvalue weighted by molar-refractivity contribution is 5.79. The summed E-state index contributed by atoms with van der Waals surface area (Å²) in [5.74, 6) is 0.913. The van der Waals surface area contributed by atoms with Crippen molar-refractivity contribution in [3.05, 3.63) is 89.5 Å². The Kier molecular flexibility index (Phi) is 6.10. The molecule has 1 heterocycles. The number of methoxy groups -OCH3 is 1. The molecular formula is C27H31NO2. The number of hydrogen-bond donors (Lipinski definition) is 0. The van der Waals surface area contributed by atoms with Gasteiger partial charge in [0.2, 0.25) is 0 Å². The van der Waals surface area contributed by atoms with Gasteiger partial charge in [0.25, 0.3) is 0 Å². The lowest BCUT2D eigenvalue weighted by atomic mass is 9.76. The molecule has 0 atom stereocenters. The van der Waals surface area contributed by atoms with Gasteiger partial charge in [0.1, 0.15) is 11.4 Å². The number of unbranched alkanes of at least 4 members (excludes halogenated alkanes) is 3. The zero-order valence-electron chi connectivity index (χ0n) is 18.2. The Hall–Kier alpha value is -2.78. The third-order valence-electron chi connectivity index (χ3n) is 6.12. The number of benzene rings is 3. The number of rotatable bonds is 8. The summed E-state index contributed by atoms with van der Waals surface area (Å²) in [6, 6.07) is 25.4. The molecule has 0 amide bonds. The Morgan fingerprint density at radius 2 is 1.37 bits per heavy atom. The summed E-state index contributed by atoms with van der Waals surface area (Å²) in [5.41, 5.74) is 5.09. The SMILES string of the molecule is CCCCCCOc1ccc(C2(OC)c3ccccc3N(C)c3ccccc32)cc1. The monoisotopic (exact) mass is 401 g/mol. The first-order chi connectivity index (χ1) is 14.7. The number of anilines is 2. The minimum Gasteiger partial charge on any atom is -0.494 e. The maximum atomic E-state index is 6.36. The highest BCUT2D eigenvalue weighted by Crippen LogP contribution is 2.52. The predicted octanol–water partition coefficient (Wildman–Crippen LogP) is 6.67. The van der Waals surface area contributed by atoms with Gasteiger partial charge < -0.3 is 14.4 Å². The average molecular weight is 402 g/mol. The standard InChI is InChI=1S/C27H31NO2/c1-4-5-6-11-20-30-22-18-16-21(17-19-22)27(29-3)23-12-7-9-14-25(23)28(2)26-15-10-8-13-24(26)27/h7-10,12-19H,4-6,11,20H2,1-3H3. The van der Waals surface area contributed by atoms with Gasteiger partial charge in [-0.15, -0.1) is 0 Å². The van der Waals surface area contributed by atoms with E-state index in [2.05, 4.69) is 91.7 Å². The molecule has 0 unspecified atom stereocenters. The van der Waals surface area contributed by atoms with Gasteiger partial charge in [0, 0.05) is 36.7 Å². The molecule has 0 saturated carbocycles. The van der Waals surface area contributed by atoms with E-state index in [-0.39, 0.29) is 0 Å². The van der Waals surface area contributed by atoms with E-state index < -0.39 is 5.60 Å². The van der Waals surface area contributed by atoms with E-state index in [9.17, 15) is 0 Å². The van der Waals surface area contributed by atoms with Crippen molar-refractivity contribution in [2.75, 3.05) is 25.7 Å². The summed E-state index contributed by atoms with van der Waals surface area (Å²) >= 11 is 0. The van der Waals surface area contributed by atoms with Crippen molar-refractivity contribution in [3.63, 3.8) is 0 Å². The molecule has 0 bridgehead atoms. The Morgan fingerprint density at radius 1 is 0.767 bits per heavy atom. The van der Waals surface area contributed by atoms with Crippen LogP contribution in [0, 0.1) is 0 Å². The summed E-state index contributed by atoms with van der Waals surface area (Å²) in [4.78, 5) is 2.25. The van der Waals surface area contributed by atoms with Crippen molar-refractivity contribution in [2.45, 2.75) is 38.2 Å². The normalized spacial score (nSPS) is 14.2. The number of nitrogens with zero attached hydrogens (tertiary/aromatic N) is 1. The van der Waals surface area contributed by atoms with E-state index in [0.29, 0.717) is 0 Å². The fourth-order valence-electron chi connectivity index (χ4n) is 4.56. The van der Waals surface area contributed by atoms with Crippen molar-refractivity contribution in [1.82, 2.24) is 0 Å². The molecule has 0 aromatic heterocycles. The van der Waals surface area contributed by atoms with Crippen LogP contribution in [-0.4, -0.2) is 20.8 Å². The second-order valence-corrected chi connectivity index (χ2v) is 7.91. The summed E-state index contributed by atoms with van der Waals surface area (Å²) in [6.07, 6.45) is 4.84. The van der Waals surface area contributed by atoms with Crippen LogP contribution in [0.4, 0.5) is 11.4 Å². The van der Waals surface area contributed by atoms with Gasteiger partial charge in [0.05, 0.1) is 6.61 Å². The number of ether oxygens (including phenoxy) is 2. The van der Waals surface area contributed by atoms with E-state index in [4.69, 9.17) is 9.47 Å². The van der Waals surface area contributed by atoms with E-state index in [1.54, 1.807) is 7.11 Å². The van der Waals surface area contributed by atoms with Gasteiger partial charge in [-0.3, -0.25) is 0 Å². The van der Waals surface area contributed by atoms with Crippen molar-refractivity contribution in [2.24, 2.45) is 0 Å². The Labute approximate surface area is 180 Å². The van der Waals surface area contributed by atoms with E-state index >= 15 is 0 Å². The third-order valence-corrected chi connectivity index (χ3v) is 6.12. The molecule has 1 aliphatic heterocycles. The largest absolute Gasteiger partial charge is 0.494 e. The van der Waals surface area contributed by atoms with Crippen LogP contribution in [0.3, 0.4) is 0 Å². The maximum Gasteiger partial charge on any atom is 0.147 e. The maximum absolute atomic E-state index is 6.36. The zero-order valence-corrected chi connectivity index (χ0v) is 18.2. The van der Waals surface area contributed by atoms with Crippen LogP contribution in [0.1, 0.15) is 49.3 Å². The smallest absolute Gasteiger partial charge is 0.147 e. The molecule has 1 aliphatic rings. The summed E-state index contributed by atoms with van der Waals surface area (Å²) < 4.78 is 12.3. The zero-order chi connectivity index (χ0) is 21.0. The molecule has 0 spiro atoms. The first-order valence-corrected chi connectivity index (χ1v) is 10.9. The molecular weight excluding hydrogens is 370 g/mol. The van der Waals surface area contributed by atoms with Crippen LogP contribution in [-0.2, 0) is 10.3 Å². The molecule has 0 radical (unpaired) electrons. The third kappa shape index (κ3) is 3.48. The molecule has 30 heavy (non-hydrogen) atoms. The molecule has 3 aromatic carbocycles. The van der Waals surface area contributed by atoms with E-state index in [1.165, 1.54) is 19.3 Å². The number of fused-ring (bicyclic) bond motifs is 2. The molecule has 0 fully saturated rings. The molecule has 3 aromatic rings. The lowest BCUT2D eigenvalue weighted by Gasteiger charge is -2.43. The molecule has 0 N–H and O–H groups in total. The van der Waals surface area contributed by atoms with Gasteiger partial charge in [-0.25, -0.2) is 0 Å². The fourth-order valence-corrected chi connectivity index (χ4v) is 4.56. The summed E-state index contributed by atoms with van der Waals surface area (Å²) in [5, 5.41) is 0. The van der Waals surface area contributed by atoms with Crippen LogP contribution in [0.5, 0.6) is 5.75 Å². The number of para-hydroxylation sites is 2. The van der Waals surface area contributed by atoms with Crippen molar-refractivity contribution in [1.29, 1.82) is 0 Å². The lowest BCUT2D eigenvalue weighted by molar-refractivity contribution is 0.0580. The van der Waals surface area contributed by atoms with E-state index in [1.807, 2.05) is 0 Å². The van der Waals surface area contributed by atoms with Gasteiger partial charge in [-0.05, 0) is 36.2 Å². The second-order valence-electron chi connectivity index (χ2n) is 7.91. The Morgan fingerprint density at radius 3 is 1.93 bits per heavy atom. The Balaban J connectivity index is 1.71. The quantitative estimate of drug-likeness (QED) is 0.394. The fraction of sp³-hybridized carbons (Fsp3) is 0.333. The molecule has 156 valence electrons. The number of hydrogen-bond acceptors (Lipinski definition) is 3. The van der Waals surface area contributed by atoms with E-state index in [0.717, 1.165) is 46.8 Å². The van der Waals surface area contributed by atoms with Crippen LogP contribution in [0.2, 0.25) is 0 Å². The first-order valence-electron chi connectivity index (χ1n) is 10.9. The van der Waals surface area contributed by atoms with Gasteiger partial charge in [0.15, 0.2) is 0 Å². The van der Waals surface area contributed by atoms with Crippen LogP contribution >= 0.6 is 0 Å². The average Bonchev–Trinajstić information content (AvgIpc) is 2.80. The van der Waals surface area contributed by atoms with Crippen LogP contribution in [0.25, 0.3) is 0 Å². The minimum absolute atomic E-state index is 0.653. The Bertz CT molecular complexity index is 933. The molecule has 3 heteroatoms. The molecule has 3 nitrogen and oxygen atoms in total. The van der Waals surface area contributed by atoms with Gasteiger partial charge in [-0.1, -0.05) is 74.7 Å². The highest BCUT2D eigenvalue weighted by Gasteiger charge is 2.44. The first kappa shape index (κ1) is 20.5. The van der Waals surface area contributed by atoms with Crippen molar-refractivity contribution >= 4 is 11.4 Å². The van der Waals surface area contributed by atoms with Crippen molar-refractivity contribution < 1.29 is 9.47 Å². The van der Waals surface area contributed by atoms with Crippen molar-refractivity contribution in [3.8, 4) is 5.75 Å². The van der Waals surface area contributed by atoms with Crippen LogP contribution < -0.4 is 9.64 Å².